The Labute approximate surface area is 171 Å². The van der Waals surface area contributed by atoms with E-state index >= 15 is 0 Å². The highest BCUT2D eigenvalue weighted by Gasteiger charge is 2.27. The van der Waals surface area contributed by atoms with Crippen molar-refractivity contribution in [3.8, 4) is 0 Å². The van der Waals surface area contributed by atoms with Gasteiger partial charge in [0.2, 0.25) is 15.9 Å². The standard InChI is InChI=1S/C20H24ClN3O3S/c1-15-13-23(2)18-9-5-3-7-16(18)14-24(15)20(25)11-12-22-28(26,27)19-10-6-4-8-17(19)21/h3-10,15,22H,11-14H2,1-2H3/t15-/m1/s1. The summed E-state index contributed by atoms with van der Waals surface area (Å²) in [6.07, 6.45) is 0.0832. The fourth-order valence-electron chi connectivity index (χ4n) is 3.46. The number of para-hydroxylation sites is 1. The lowest BCUT2D eigenvalue weighted by Crippen LogP contribution is -2.43. The molecule has 6 nitrogen and oxygen atoms in total. The molecule has 150 valence electrons. The maximum Gasteiger partial charge on any atom is 0.242 e. The molecule has 1 N–H and O–H groups in total. The molecule has 0 fully saturated rings. The van der Waals surface area contributed by atoms with Crippen LogP contribution in [0.1, 0.15) is 18.9 Å². The summed E-state index contributed by atoms with van der Waals surface area (Å²) in [5, 5.41) is 0.155. The van der Waals surface area contributed by atoms with E-state index in [-0.39, 0.29) is 34.8 Å². The number of anilines is 1. The first-order chi connectivity index (χ1) is 13.3. The molecular formula is C20H24ClN3O3S. The third-order valence-corrected chi connectivity index (χ3v) is 6.85. The average molecular weight is 422 g/mol. The molecule has 3 rings (SSSR count). The third kappa shape index (κ3) is 4.48. The number of likely N-dealkylation sites (N-methyl/N-ethyl adjacent to an activating group) is 1. The van der Waals surface area contributed by atoms with Crippen molar-refractivity contribution in [2.45, 2.75) is 30.8 Å². The Bertz CT molecular complexity index is 965. The van der Waals surface area contributed by atoms with Crippen molar-refractivity contribution in [3.05, 3.63) is 59.1 Å². The van der Waals surface area contributed by atoms with Crippen molar-refractivity contribution < 1.29 is 13.2 Å². The molecule has 0 radical (unpaired) electrons. The van der Waals surface area contributed by atoms with Gasteiger partial charge in [-0.15, -0.1) is 0 Å². The molecule has 28 heavy (non-hydrogen) atoms. The normalized spacial score (nSPS) is 17.2. The number of nitrogens with zero attached hydrogens (tertiary/aromatic N) is 2. The van der Waals surface area contributed by atoms with E-state index in [2.05, 4.69) is 9.62 Å². The Morgan fingerprint density at radius 2 is 1.86 bits per heavy atom. The second kappa shape index (κ2) is 8.51. The lowest BCUT2D eigenvalue weighted by atomic mass is 10.1. The number of nitrogens with one attached hydrogen (secondary N) is 1. The monoisotopic (exact) mass is 421 g/mol. The van der Waals surface area contributed by atoms with Crippen LogP contribution in [0.15, 0.2) is 53.4 Å². The van der Waals surface area contributed by atoms with E-state index in [1.54, 1.807) is 12.1 Å². The van der Waals surface area contributed by atoms with E-state index in [0.29, 0.717) is 13.1 Å². The molecular weight excluding hydrogens is 398 g/mol. The summed E-state index contributed by atoms with van der Waals surface area (Å²) in [4.78, 5) is 16.8. The molecule has 0 spiro atoms. The first-order valence-electron chi connectivity index (χ1n) is 9.12. The van der Waals surface area contributed by atoms with E-state index in [1.165, 1.54) is 12.1 Å². The predicted octanol–water partition coefficient (Wildman–Crippen LogP) is 2.88. The SMILES string of the molecule is C[C@@H]1CN(C)c2ccccc2CN1C(=O)CCNS(=O)(=O)c1ccccc1Cl. The van der Waals surface area contributed by atoms with Crippen LogP contribution in [0.4, 0.5) is 5.69 Å². The number of benzene rings is 2. The van der Waals surface area contributed by atoms with E-state index in [4.69, 9.17) is 11.6 Å². The molecule has 1 aliphatic heterocycles. The summed E-state index contributed by atoms with van der Waals surface area (Å²) < 4.78 is 27.3. The van der Waals surface area contributed by atoms with Gasteiger partial charge in [-0.3, -0.25) is 4.79 Å². The van der Waals surface area contributed by atoms with Crippen LogP contribution >= 0.6 is 11.6 Å². The lowest BCUT2D eigenvalue weighted by molar-refractivity contribution is -0.133. The zero-order valence-electron chi connectivity index (χ0n) is 15.9. The zero-order valence-corrected chi connectivity index (χ0v) is 17.5. The van der Waals surface area contributed by atoms with E-state index in [1.807, 2.05) is 43.1 Å². The highest BCUT2D eigenvalue weighted by Crippen LogP contribution is 2.26. The molecule has 1 amide bonds. The summed E-state index contributed by atoms with van der Waals surface area (Å²) in [5.74, 6) is -0.0838. The van der Waals surface area contributed by atoms with Crippen molar-refractivity contribution in [1.82, 2.24) is 9.62 Å². The number of amides is 1. The topological polar surface area (TPSA) is 69.7 Å². The van der Waals surface area contributed by atoms with Gasteiger partial charge in [-0.1, -0.05) is 41.9 Å². The van der Waals surface area contributed by atoms with Gasteiger partial charge in [-0.2, -0.15) is 0 Å². The van der Waals surface area contributed by atoms with Gasteiger partial charge in [0.1, 0.15) is 4.90 Å². The van der Waals surface area contributed by atoms with Gasteiger partial charge in [0.25, 0.3) is 0 Å². The second-order valence-electron chi connectivity index (χ2n) is 6.96. The van der Waals surface area contributed by atoms with Gasteiger partial charge in [-0.05, 0) is 30.7 Å². The molecule has 8 heteroatoms. The lowest BCUT2D eigenvalue weighted by Gasteiger charge is -2.28. The number of sulfonamides is 1. The highest BCUT2D eigenvalue weighted by atomic mass is 35.5. The maximum atomic E-state index is 12.8. The van der Waals surface area contributed by atoms with Crippen LogP contribution in [0.2, 0.25) is 5.02 Å². The fraction of sp³-hybridized carbons (Fsp3) is 0.350. The summed E-state index contributed by atoms with van der Waals surface area (Å²) in [6, 6.07) is 14.3. The Balaban J connectivity index is 1.66. The molecule has 0 saturated carbocycles. The van der Waals surface area contributed by atoms with Crippen LogP contribution in [0.25, 0.3) is 0 Å². The first kappa shape index (κ1) is 20.6. The van der Waals surface area contributed by atoms with Crippen LogP contribution in [-0.2, 0) is 21.4 Å². The molecule has 0 unspecified atom stereocenters. The first-order valence-corrected chi connectivity index (χ1v) is 11.0. The largest absolute Gasteiger partial charge is 0.372 e. The van der Waals surface area contributed by atoms with Crippen molar-refractivity contribution >= 4 is 33.2 Å². The van der Waals surface area contributed by atoms with E-state index in [0.717, 1.165) is 11.3 Å². The minimum Gasteiger partial charge on any atom is -0.372 e. The number of fused-ring (bicyclic) bond motifs is 1. The number of halogens is 1. The quantitative estimate of drug-likeness (QED) is 0.805. The third-order valence-electron chi connectivity index (χ3n) is 4.89. The summed E-state index contributed by atoms with van der Waals surface area (Å²) >= 11 is 5.97. The van der Waals surface area contributed by atoms with Crippen molar-refractivity contribution in [3.63, 3.8) is 0 Å². The van der Waals surface area contributed by atoms with Gasteiger partial charge >= 0.3 is 0 Å². The molecule has 1 aliphatic rings. The van der Waals surface area contributed by atoms with Crippen LogP contribution in [0, 0.1) is 0 Å². The van der Waals surface area contributed by atoms with Crippen molar-refractivity contribution in [2.24, 2.45) is 0 Å². The van der Waals surface area contributed by atoms with Gasteiger partial charge in [-0.25, -0.2) is 13.1 Å². The molecule has 0 bridgehead atoms. The number of hydrogen-bond acceptors (Lipinski definition) is 4. The molecule has 1 heterocycles. The Kier molecular flexibility index (Phi) is 6.27. The number of carbonyl (C=O) groups excluding carboxylic acids is 1. The molecule has 1 atom stereocenters. The summed E-state index contributed by atoms with van der Waals surface area (Å²) in [6.45, 7) is 3.26. The number of rotatable bonds is 5. The molecule has 0 saturated heterocycles. The fourth-order valence-corrected chi connectivity index (χ4v) is 5.01. The molecule has 0 aromatic heterocycles. The Hall–Kier alpha value is -2.09. The Morgan fingerprint density at radius 3 is 2.61 bits per heavy atom. The van der Waals surface area contributed by atoms with Crippen LogP contribution in [-0.4, -0.2) is 45.4 Å². The van der Waals surface area contributed by atoms with Gasteiger partial charge in [0, 0.05) is 44.8 Å². The van der Waals surface area contributed by atoms with Crippen LogP contribution in [0.3, 0.4) is 0 Å². The van der Waals surface area contributed by atoms with Gasteiger partial charge in [0.05, 0.1) is 5.02 Å². The van der Waals surface area contributed by atoms with Gasteiger partial charge in [0.15, 0.2) is 0 Å². The minimum atomic E-state index is -3.76. The van der Waals surface area contributed by atoms with Crippen molar-refractivity contribution in [2.75, 3.05) is 25.0 Å². The van der Waals surface area contributed by atoms with E-state index < -0.39 is 10.0 Å². The summed E-state index contributed by atoms with van der Waals surface area (Å²) in [5.41, 5.74) is 2.20. The molecule has 2 aromatic rings. The minimum absolute atomic E-state index is 0.0165. The van der Waals surface area contributed by atoms with Crippen LogP contribution in [0.5, 0.6) is 0 Å². The van der Waals surface area contributed by atoms with E-state index in [9.17, 15) is 13.2 Å². The number of carbonyl (C=O) groups is 1. The molecule has 2 aromatic carbocycles. The van der Waals surface area contributed by atoms with Gasteiger partial charge < -0.3 is 9.80 Å². The highest BCUT2D eigenvalue weighted by molar-refractivity contribution is 7.89. The Morgan fingerprint density at radius 1 is 1.18 bits per heavy atom. The number of hydrogen-bond donors (Lipinski definition) is 1. The smallest absolute Gasteiger partial charge is 0.242 e. The molecule has 0 aliphatic carbocycles. The predicted molar refractivity (Wildman–Crippen MR) is 111 cm³/mol. The van der Waals surface area contributed by atoms with Crippen molar-refractivity contribution in [1.29, 1.82) is 0 Å². The van der Waals surface area contributed by atoms with Crippen LogP contribution < -0.4 is 9.62 Å². The zero-order chi connectivity index (χ0) is 20.3. The second-order valence-corrected chi connectivity index (χ2v) is 9.10. The average Bonchev–Trinajstić information content (AvgIpc) is 2.78. The maximum absolute atomic E-state index is 12.8. The summed E-state index contributed by atoms with van der Waals surface area (Å²) in [7, 11) is -1.74.